The van der Waals surface area contributed by atoms with Crippen molar-refractivity contribution in [1.29, 1.82) is 0 Å². The number of benzene rings is 3. The summed E-state index contributed by atoms with van der Waals surface area (Å²) in [4.78, 5) is 31.1. The number of aliphatic hydroxyl groups is 5. The Bertz CT molecular complexity index is 3810. The summed E-state index contributed by atoms with van der Waals surface area (Å²) in [5.74, 6) is -3.67. The molecule has 3 aromatic carbocycles. The van der Waals surface area contributed by atoms with Gasteiger partial charge < -0.3 is 66.0 Å². The number of phenols is 2. The summed E-state index contributed by atoms with van der Waals surface area (Å²) in [6, 6.07) is 12.9. The van der Waals surface area contributed by atoms with Gasteiger partial charge in [-0.25, -0.2) is 4.79 Å². The van der Waals surface area contributed by atoms with E-state index in [1.54, 1.807) is 25.1 Å². The van der Waals surface area contributed by atoms with Crippen LogP contribution < -0.4 is 31.8 Å². The number of fused-ring (bicyclic) bond motifs is 13. The van der Waals surface area contributed by atoms with Crippen LogP contribution in [0.25, 0.3) is 11.0 Å². The van der Waals surface area contributed by atoms with Crippen molar-refractivity contribution >= 4 is 16.9 Å². The molecule has 478 valence electrons. The molecule has 11 aliphatic rings. The highest BCUT2D eigenvalue weighted by Crippen LogP contribution is 2.67. The predicted octanol–water partition coefficient (Wildman–Crippen LogP) is 9.87. The van der Waals surface area contributed by atoms with Gasteiger partial charge in [-0.15, -0.1) is 0 Å². The van der Waals surface area contributed by atoms with Gasteiger partial charge in [0.2, 0.25) is 0 Å². The zero-order valence-corrected chi connectivity index (χ0v) is 52.3. The highest BCUT2D eigenvalue weighted by Gasteiger charge is 2.63. The van der Waals surface area contributed by atoms with Crippen LogP contribution in [0.5, 0.6) is 17.2 Å². The molecule has 1 spiro atoms. The molecule has 0 saturated heterocycles. The first-order valence-electron chi connectivity index (χ1n) is 34.0. The minimum absolute atomic E-state index is 0.00891. The molecule has 7 aliphatic carbocycles. The van der Waals surface area contributed by atoms with E-state index in [-0.39, 0.29) is 93.9 Å². The van der Waals surface area contributed by atoms with Crippen LogP contribution in [0, 0.1) is 35.0 Å². The Kier molecular flexibility index (Phi) is 14.9. The lowest BCUT2D eigenvalue weighted by atomic mass is 9.54. The fraction of sp³-hybridized carbons (Fsp3) is 0.568. The molecule has 0 amide bonds. The van der Waals surface area contributed by atoms with Crippen molar-refractivity contribution in [3.8, 4) is 17.2 Å². The molecular formula is C74H90N4O12. The molecule has 14 unspecified atom stereocenters. The zero-order valence-electron chi connectivity index (χ0n) is 52.3. The Morgan fingerprint density at radius 3 is 2.48 bits per heavy atom. The van der Waals surface area contributed by atoms with E-state index in [0.29, 0.717) is 62.9 Å². The number of aromatic hydroxyl groups is 2. The molecule has 12 N–H and O–H groups in total. The molecule has 4 aromatic rings. The molecule has 4 fully saturated rings. The lowest BCUT2D eigenvalue weighted by Crippen LogP contribution is -2.60. The van der Waals surface area contributed by atoms with Gasteiger partial charge in [-0.05, 0) is 213 Å². The van der Waals surface area contributed by atoms with Gasteiger partial charge in [-0.1, -0.05) is 75.4 Å². The number of esters is 1. The van der Waals surface area contributed by atoms with Crippen LogP contribution in [0.1, 0.15) is 204 Å². The van der Waals surface area contributed by atoms with E-state index in [1.165, 1.54) is 11.6 Å². The average Bonchev–Trinajstić information content (AvgIpc) is 1.06. The zero-order chi connectivity index (χ0) is 62.3. The number of carbonyl (C=O) groups is 1. The minimum Gasteiger partial charge on any atom is -0.508 e. The van der Waals surface area contributed by atoms with E-state index in [0.717, 1.165) is 115 Å². The number of carbonyl (C=O) groups excluding carboxylic acids is 1. The van der Waals surface area contributed by atoms with E-state index in [2.05, 4.69) is 47.3 Å². The lowest BCUT2D eigenvalue weighted by Gasteiger charge is -2.55. The first kappa shape index (κ1) is 59.9. The molecule has 0 radical (unpaired) electrons. The number of ether oxygens (including phenoxy) is 2. The van der Waals surface area contributed by atoms with Gasteiger partial charge in [0.15, 0.2) is 5.43 Å². The van der Waals surface area contributed by atoms with Crippen molar-refractivity contribution in [2.75, 3.05) is 19.7 Å². The third kappa shape index (κ3) is 9.31. The number of dihydropyridines is 2. The number of nitrogens with two attached hydrogens (primary N) is 1. The standard InChI is InChI=1S/C74H90N4O12/c1-4-54(74(87)34-41-26-44(74)25-40-24-42(33-73(86)21-7-6-8-22-73)65(83)50-13-11-12-47(41)59(40)50)70(85)89-57-31-52-66(84)62-56(82)30-46(36-79)88-68(62)63-60-49-18-23-77-69(75)61(49)64(72(19-9-10-20-72)32-39-14-16-45(81)29-51(39)53(60)37-80)48-17-15-38-28-58(76-5-2)78-35-43(38)27-55(48)71(57,3)90-67(52)63/h4,11-14,16,18,28-30,35,40-42,44,48,53,55,57-58,60,64-65,76-81,83-84,86-87H,5-10,15,17,19-27,31-34,36-37,75H2,1-3H3. The quantitative estimate of drug-likeness (QED) is 0.0550. The normalized spacial score (nSPS) is 34.4. The van der Waals surface area contributed by atoms with Crippen LogP contribution in [0.15, 0.2) is 110 Å². The second-order valence-electron chi connectivity index (χ2n) is 29.4. The Morgan fingerprint density at radius 1 is 0.933 bits per heavy atom. The first-order valence-corrected chi connectivity index (χ1v) is 34.0. The number of hydrogen-bond donors (Lipinski definition) is 11. The molecule has 16 heteroatoms. The largest absolute Gasteiger partial charge is 0.508 e. The molecule has 4 aliphatic heterocycles. The van der Waals surface area contributed by atoms with Gasteiger partial charge in [0.05, 0.1) is 35.7 Å². The molecular weight excluding hydrogens is 1140 g/mol. The number of hydrogen-bond acceptors (Lipinski definition) is 16. The van der Waals surface area contributed by atoms with Crippen molar-refractivity contribution in [2.45, 2.75) is 208 Å². The van der Waals surface area contributed by atoms with Crippen molar-refractivity contribution in [3.05, 3.63) is 156 Å². The van der Waals surface area contributed by atoms with Gasteiger partial charge in [0.1, 0.15) is 58.1 Å². The fourth-order valence-electron chi connectivity index (χ4n) is 21.0. The van der Waals surface area contributed by atoms with E-state index < -0.39 is 82.5 Å². The molecule has 6 bridgehead atoms. The van der Waals surface area contributed by atoms with Crippen molar-refractivity contribution < 1.29 is 54.4 Å². The summed E-state index contributed by atoms with van der Waals surface area (Å²) in [5.41, 5.74) is 12.4. The van der Waals surface area contributed by atoms with Gasteiger partial charge >= 0.3 is 5.97 Å². The van der Waals surface area contributed by atoms with E-state index in [4.69, 9.17) is 19.6 Å². The van der Waals surface area contributed by atoms with Crippen molar-refractivity contribution in [3.63, 3.8) is 0 Å². The molecule has 14 atom stereocenters. The number of phenolic OH excluding ortho intramolecular Hbond substituents is 2. The summed E-state index contributed by atoms with van der Waals surface area (Å²) in [6.07, 6.45) is 19.5. The summed E-state index contributed by atoms with van der Waals surface area (Å²) in [5, 5.41) is 96.2. The molecule has 15 rings (SSSR count). The van der Waals surface area contributed by atoms with Crippen LogP contribution in [-0.2, 0) is 29.0 Å². The van der Waals surface area contributed by atoms with Gasteiger partial charge in [0, 0.05) is 54.1 Å². The Balaban J connectivity index is 0.918. The second-order valence-corrected chi connectivity index (χ2v) is 29.4. The molecule has 5 heterocycles. The maximum absolute atomic E-state index is 16.2. The third-order valence-corrected chi connectivity index (χ3v) is 24.8. The van der Waals surface area contributed by atoms with Crippen molar-refractivity contribution in [2.24, 2.45) is 40.7 Å². The number of likely N-dealkylation sites (N-methyl/N-ethyl adjacent to an activating group) is 1. The van der Waals surface area contributed by atoms with Crippen LogP contribution >= 0.6 is 0 Å². The number of aliphatic hydroxyl groups excluding tert-OH is 3. The molecule has 1 aromatic heterocycles. The van der Waals surface area contributed by atoms with E-state index in [9.17, 15) is 40.5 Å². The SMILES string of the molecule is CC=C(C(=O)OC1Cc2c3c(c4oc(CO)cc(=O)c4c2O)C2C4=CCNC(N)=C4C(C4CCC5=CC(NCC)NC=C5CC4C1(C)O3)C1(CCCC1)Cc1ccc(O)cc1C2CO)C1(O)CC2CC1CC1CC(CC3(O)CCCCC3)C(O)c3cccc2c31. The van der Waals surface area contributed by atoms with E-state index >= 15 is 4.79 Å². The molecule has 16 nitrogen and oxygen atoms in total. The van der Waals surface area contributed by atoms with E-state index in [1.807, 2.05) is 25.1 Å². The molecule has 4 saturated carbocycles. The topological polar surface area (TPSA) is 269 Å². The van der Waals surface area contributed by atoms with Gasteiger partial charge in [-0.2, -0.15) is 0 Å². The summed E-state index contributed by atoms with van der Waals surface area (Å²) < 4.78 is 22.0. The Labute approximate surface area is 526 Å². The highest BCUT2D eigenvalue weighted by molar-refractivity contribution is 5.93. The van der Waals surface area contributed by atoms with Crippen LogP contribution in [0.2, 0.25) is 0 Å². The Morgan fingerprint density at radius 2 is 1.71 bits per heavy atom. The highest BCUT2D eigenvalue weighted by atomic mass is 16.6. The predicted molar refractivity (Wildman–Crippen MR) is 340 cm³/mol. The Hall–Kier alpha value is -6.40. The number of nitrogens with one attached hydrogen (secondary N) is 3. The maximum Gasteiger partial charge on any atom is 0.337 e. The van der Waals surface area contributed by atoms with Crippen LogP contribution in [0.4, 0.5) is 0 Å². The lowest BCUT2D eigenvalue weighted by molar-refractivity contribution is -0.173. The monoisotopic (exact) mass is 1230 g/mol. The smallest absolute Gasteiger partial charge is 0.337 e. The van der Waals surface area contributed by atoms with Crippen LogP contribution in [0.3, 0.4) is 0 Å². The fourth-order valence-corrected chi connectivity index (χ4v) is 21.0. The second kappa shape index (κ2) is 22.4. The minimum atomic E-state index is -1.62. The summed E-state index contributed by atoms with van der Waals surface area (Å²) in [7, 11) is 0. The number of allylic oxidation sites excluding steroid dienone is 5. The van der Waals surface area contributed by atoms with Gasteiger partial charge in [0.25, 0.3) is 0 Å². The van der Waals surface area contributed by atoms with Crippen LogP contribution in [-0.4, -0.2) is 90.5 Å². The third-order valence-electron chi connectivity index (χ3n) is 24.8. The maximum atomic E-state index is 16.2. The molecule has 90 heavy (non-hydrogen) atoms. The summed E-state index contributed by atoms with van der Waals surface area (Å²) in [6.45, 7) is 5.99. The first-order chi connectivity index (χ1) is 43.4. The average molecular weight is 1230 g/mol. The van der Waals surface area contributed by atoms with Gasteiger partial charge in [-0.3, -0.25) is 10.1 Å². The van der Waals surface area contributed by atoms with Crippen molar-refractivity contribution in [1.82, 2.24) is 16.0 Å². The number of rotatable bonds is 9. The summed E-state index contributed by atoms with van der Waals surface area (Å²) >= 11 is 0.